The fraction of sp³-hybridized carbons (Fsp3) is 0.562. The molecule has 0 spiro atoms. The van der Waals surface area contributed by atoms with Gasteiger partial charge in [-0.2, -0.15) is 0 Å². The Morgan fingerprint density at radius 3 is 2.67 bits per heavy atom. The second-order valence-electron chi connectivity index (χ2n) is 5.36. The van der Waals surface area contributed by atoms with Crippen molar-refractivity contribution in [2.75, 3.05) is 33.3 Å². The molecule has 1 N–H and O–H groups in total. The molecule has 1 aromatic rings. The molecule has 1 atom stereocenters. The summed E-state index contributed by atoms with van der Waals surface area (Å²) in [7, 11) is 1.66. The Kier molecular flexibility index (Phi) is 7.54. The summed E-state index contributed by atoms with van der Waals surface area (Å²) in [6.45, 7) is 5.73. The molecule has 21 heavy (non-hydrogen) atoms. The predicted molar refractivity (Wildman–Crippen MR) is 87.3 cm³/mol. The number of nitrogens with one attached hydrogen (secondary N) is 1. The van der Waals surface area contributed by atoms with Gasteiger partial charge in [-0.15, -0.1) is 12.4 Å². The number of carbonyl (C=O) groups is 1. The van der Waals surface area contributed by atoms with E-state index in [1.807, 2.05) is 29.2 Å². The van der Waals surface area contributed by atoms with Gasteiger partial charge in [-0.1, -0.05) is 19.1 Å². The predicted octanol–water partition coefficient (Wildman–Crippen LogP) is 2.43. The molecule has 5 heteroatoms. The van der Waals surface area contributed by atoms with Crippen LogP contribution in [-0.2, 0) is 4.79 Å². The van der Waals surface area contributed by atoms with E-state index in [0.717, 1.165) is 38.3 Å². The maximum atomic E-state index is 12.3. The lowest BCUT2D eigenvalue weighted by Crippen LogP contribution is -2.34. The summed E-state index contributed by atoms with van der Waals surface area (Å²) < 4.78 is 5.16. The average Bonchev–Trinajstić information content (AvgIpc) is 2.76. The van der Waals surface area contributed by atoms with Crippen molar-refractivity contribution in [1.29, 1.82) is 0 Å². The average molecular weight is 313 g/mol. The lowest BCUT2D eigenvalue weighted by molar-refractivity contribution is -0.131. The van der Waals surface area contributed by atoms with Crippen molar-refractivity contribution >= 4 is 18.3 Å². The fourth-order valence-corrected chi connectivity index (χ4v) is 2.54. The summed E-state index contributed by atoms with van der Waals surface area (Å²) in [4.78, 5) is 14.3. The number of nitrogens with zero attached hydrogens (tertiary/aromatic N) is 1. The Balaban J connectivity index is 0.00000220. The van der Waals surface area contributed by atoms with Crippen LogP contribution >= 0.6 is 12.4 Å². The molecular weight excluding hydrogens is 288 g/mol. The van der Waals surface area contributed by atoms with Gasteiger partial charge in [-0.25, -0.2) is 0 Å². The Labute approximate surface area is 133 Å². The van der Waals surface area contributed by atoms with Crippen LogP contribution in [-0.4, -0.2) is 44.1 Å². The monoisotopic (exact) mass is 312 g/mol. The van der Waals surface area contributed by atoms with E-state index in [4.69, 9.17) is 4.74 Å². The van der Waals surface area contributed by atoms with Crippen molar-refractivity contribution in [2.24, 2.45) is 0 Å². The quantitative estimate of drug-likeness (QED) is 0.928. The van der Waals surface area contributed by atoms with Crippen LogP contribution in [0.15, 0.2) is 24.3 Å². The van der Waals surface area contributed by atoms with Crippen LogP contribution in [0.5, 0.6) is 5.75 Å². The maximum absolute atomic E-state index is 12.3. The van der Waals surface area contributed by atoms with Gasteiger partial charge in [0.1, 0.15) is 5.75 Å². The van der Waals surface area contributed by atoms with Crippen molar-refractivity contribution in [1.82, 2.24) is 10.2 Å². The van der Waals surface area contributed by atoms with Gasteiger partial charge in [0.25, 0.3) is 0 Å². The molecule has 0 saturated carbocycles. The smallest absolute Gasteiger partial charge is 0.223 e. The summed E-state index contributed by atoms with van der Waals surface area (Å²) in [6, 6.07) is 7.99. The van der Waals surface area contributed by atoms with E-state index in [-0.39, 0.29) is 24.2 Å². The van der Waals surface area contributed by atoms with E-state index < -0.39 is 0 Å². The Hall–Kier alpha value is -1.26. The SMILES string of the molecule is COc1ccc(C(C)CC(=O)N2CCCNCC2)cc1.Cl. The molecule has 0 aliphatic carbocycles. The van der Waals surface area contributed by atoms with Crippen LogP contribution in [0.1, 0.15) is 31.2 Å². The Morgan fingerprint density at radius 1 is 1.29 bits per heavy atom. The molecule has 1 amide bonds. The van der Waals surface area contributed by atoms with Crippen LogP contribution in [0, 0.1) is 0 Å². The Bertz CT molecular complexity index is 428. The standard InChI is InChI=1S/C16H24N2O2.ClH/c1-13(14-4-6-15(20-2)7-5-14)12-16(19)18-10-3-8-17-9-11-18;/h4-7,13,17H,3,8-12H2,1-2H3;1H. The summed E-state index contributed by atoms with van der Waals surface area (Å²) in [5.41, 5.74) is 1.19. The topological polar surface area (TPSA) is 41.6 Å². The summed E-state index contributed by atoms with van der Waals surface area (Å²) >= 11 is 0. The first kappa shape index (κ1) is 17.8. The van der Waals surface area contributed by atoms with Gasteiger partial charge in [0.2, 0.25) is 5.91 Å². The second-order valence-corrected chi connectivity index (χ2v) is 5.36. The highest BCUT2D eigenvalue weighted by molar-refractivity contribution is 5.85. The van der Waals surface area contributed by atoms with E-state index in [1.165, 1.54) is 5.56 Å². The lowest BCUT2D eigenvalue weighted by Gasteiger charge is -2.22. The molecule has 1 unspecified atom stereocenters. The zero-order valence-corrected chi connectivity index (χ0v) is 13.6. The van der Waals surface area contributed by atoms with Crippen LogP contribution < -0.4 is 10.1 Å². The van der Waals surface area contributed by atoms with Crippen molar-refractivity contribution in [2.45, 2.75) is 25.7 Å². The van der Waals surface area contributed by atoms with E-state index in [1.54, 1.807) is 7.11 Å². The molecule has 4 nitrogen and oxygen atoms in total. The van der Waals surface area contributed by atoms with E-state index >= 15 is 0 Å². The van der Waals surface area contributed by atoms with E-state index in [2.05, 4.69) is 12.2 Å². The summed E-state index contributed by atoms with van der Waals surface area (Å²) in [5.74, 6) is 1.35. The van der Waals surface area contributed by atoms with Crippen LogP contribution in [0.3, 0.4) is 0 Å². The molecule has 0 radical (unpaired) electrons. The molecule has 1 heterocycles. The molecular formula is C16H25ClN2O2. The number of rotatable bonds is 4. The molecule has 1 fully saturated rings. The molecule has 1 aromatic carbocycles. The maximum Gasteiger partial charge on any atom is 0.223 e. The van der Waals surface area contributed by atoms with Gasteiger partial charge >= 0.3 is 0 Å². The number of benzene rings is 1. The lowest BCUT2D eigenvalue weighted by atomic mass is 9.97. The van der Waals surface area contributed by atoms with Gasteiger partial charge in [-0.3, -0.25) is 4.79 Å². The van der Waals surface area contributed by atoms with Gasteiger partial charge in [-0.05, 0) is 36.6 Å². The van der Waals surface area contributed by atoms with E-state index in [0.29, 0.717) is 6.42 Å². The second kappa shape index (κ2) is 8.90. The highest BCUT2D eigenvalue weighted by Gasteiger charge is 2.18. The minimum Gasteiger partial charge on any atom is -0.497 e. The molecule has 0 aromatic heterocycles. The summed E-state index contributed by atoms with van der Waals surface area (Å²) in [5, 5.41) is 3.32. The third kappa shape index (κ3) is 5.21. The number of methoxy groups -OCH3 is 1. The zero-order chi connectivity index (χ0) is 14.4. The van der Waals surface area contributed by atoms with Gasteiger partial charge < -0.3 is 15.0 Å². The third-order valence-corrected chi connectivity index (χ3v) is 3.86. The number of halogens is 1. The van der Waals surface area contributed by atoms with Gasteiger partial charge in [0.05, 0.1) is 7.11 Å². The van der Waals surface area contributed by atoms with Crippen LogP contribution in [0.4, 0.5) is 0 Å². The zero-order valence-electron chi connectivity index (χ0n) is 12.8. The number of amides is 1. The highest BCUT2D eigenvalue weighted by atomic mass is 35.5. The van der Waals surface area contributed by atoms with Crippen molar-refractivity contribution in [3.8, 4) is 5.75 Å². The minimum absolute atomic E-state index is 0. The highest BCUT2D eigenvalue weighted by Crippen LogP contribution is 2.22. The number of hydrogen-bond acceptors (Lipinski definition) is 3. The molecule has 1 aliphatic rings. The largest absolute Gasteiger partial charge is 0.497 e. The molecule has 2 rings (SSSR count). The van der Waals surface area contributed by atoms with Crippen LogP contribution in [0.25, 0.3) is 0 Å². The molecule has 118 valence electrons. The summed E-state index contributed by atoms with van der Waals surface area (Å²) in [6.07, 6.45) is 1.62. The van der Waals surface area contributed by atoms with Gasteiger partial charge in [0, 0.05) is 26.1 Å². The van der Waals surface area contributed by atoms with Crippen molar-refractivity contribution in [3.63, 3.8) is 0 Å². The third-order valence-electron chi connectivity index (χ3n) is 3.86. The minimum atomic E-state index is 0. The fourth-order valence-electron chi connectivity index (χ4n) is 2.54. The molecule has 1 saturated heterocycles. The van der Waals surface area contributed by atoms with Crippen LogP contribution in [0.2, 0.25) is 0 Å². The number of hydrogen-bond donors (Lipinski definition) is 1. The van der Waals surface area contributed by atoms with Crippen molar-refractivity contribution < 1.29 is 9.53 Å². The first-order chi connectivity index (χ1) is 9.70. The Morgan fingerprint density at radius 2 is 2.00 bits per heavy atom. The number of carbonyl (C=O) groups excluding carboxylic acids is 1. The van der Waals surface area contributed by atoms with E-state index in [9.17, 15) is 4.79 Å². The first-order valence-corrected chi connectivity index (χ1v) is 7.33. The molecule has 1 aliphatic heterocycles. The van der Waals surface area contributed by atoms with Gasteiger partial charge in [0.15, 0.2) is 0 Å². The van der Waals surface area contributed by atoms with Crippen molar-refractivity contribution in [3.05, 3.63) is 29.8 Å². The first-order valence-electron chi connectivity index (χ1n) is 7.33. The molecule has 0 bridgehead atoms. The number of ether oxygens (including phenoxy) is 1. The normalized spacial score (nSPS) is 16.6.